The Balaban J connectivity index is 2.50. The number of halogens is 1. The molecule has 0 aliphatic heterocycles. The number of aromatic nitrogens is 2. The molecule has 0 fully saturated rings. The summed E-state index contributed by atoms with van der Waals surface area (Å²) >= 11 is 3.60. The van der Waals surface area contributed by atoms with E-state index in [9.17, 15) is 0 Å². The second-order valence-corrected chi connectivity index (χ2v) is 4.81. The fourth-order valence-corrected chi connectivity index (χ4v) is 2.37. The van der Waals surface area contributed by atoms with Gasteiger partial charge >= 0.3 is 0 Å². The van der Waals surface area contributed by atoms with Gasteiger partial charge in [-0.05, 0) is 53.4 Å². The lowest BCUT2D eigenvalue weighted by atomic mass is 10.0. The number of nitrogens with zero attached hydrogens (tertiary/aromatic N) is 1. The number of aryl methyl sites for hydroxylation is 3. The predicted molar refractivity (Wildman–Crippen MR) is 70.6 cm³/mol. The third-order valence-electron chi connectivity index (χ3n) is 2.91. The molecule has 0 aliphatic rings. The summed E-state index contributed by atoms with van der Waals surface area (Å²) in [6.07, 6.45) is 0.957. The molecule has 0 bridgehead atoms. The van der Waals surface area contributed by atoms with E-state index in [0.717, 1.165) is 27.8 Å². The van der Waals surface area contributed by atoms with Gasteiger partial charge in [0.25, 0.3) is 0 Å². The van der Waals surface area contributed by atoms with Crippen molar-refractivity contribution in [1.82, 2.24) is 10.2 Å². The van der Waals surface area contributed by atoms with Crippen LogP contribution in [0.1, 0.15) is 23.7 Å². The summed E-state index contributed by atoms with van der Waals surface area (Å²) in [5.41, 5.74) is 5.91. The smallest absolute Gasteiger partial charge is 0.107 e. The number of nitrogens with one attached hydrogen (secondary N) is 1. The zero-order valence-electron chi connectivity index (χ0n) is 9.76. The summed E-state index contributed by atoms with van der Waals surface area (Å²) in [7, 11) is 0. The zero-order chi connectivity index (χ0) is 11.7. The Kier molecular flexibility index (Phi) is 3.15. The van der Waals surface area contributed by atoms with Crippen LogP contribution in [0.25, 0.3) is 11.3 Å². The summed E-state index contributed by atoms with van der Waals surface area (Å²) in [5.74, 6) is 0. The first kappa shape index (κ1) is 11.4. The number of hydrogen-bond acceptors (Lipinski definition) is 1. The molecule has 2 nitrogen and oxygen atoms in total. The van der Waals surface area contributed by atoms with Crippen molar-refractivity contribution in [1.29, 1.82) is 0 Å². The van der Waals surface area contributed by atoms with E-state index in [2.05, 4.69) is 65.1 Å². The number of H-pyrrole nitrogens is 1. The quantitative estimate of drug-likeness (QED) is 0.883. The third kappa shape index (κ3) is 1.92. The normalized spacial score (nSPS) is 10.8. The van der Waals surface area contributed by atoms with E-state index >= 15 is 0 Å². The maximum Gasteiger partial charge on any atom is 0.107 e. The molecule has 1 N–H and O–H groups in total. The van der Waals surface area contributed by atoms with Crippen LogP contribution in [0.3, 0.4) is 0 Å². The fraction of sp³-hybridized carbons (Fsp3) is 0.308. The average Bonchev–Trinajstić information content (AvgIpc) is 2.64. The highest BCUT2D eigenvalue weighted by Crippen LogP contribution is 2.30. The molecule has 0 aliphatic carbocycles. The van der Waals surface area contributed by atoms with Gasteiger partial charge in [-0.2, -0.15) is 5.10 Å². The lowest BCUT2D eigenvalue weighted by Gasteiger charge is -2.03. The van der Waals surface area contributed by atoms with Crippen molar-refractivity contribution in [2.24, 2.45) is 0 Å². The first-order valence-electron chi connectivity index (χ1n) is 5.43. The summed E-state index contributed by atoms with van der Waals surface area (Å²) in [4.78, 5) is 0. The van der Waals surface area contributed by atoms with Crippen LogP contribution in [-0.2, 0) is 6.42 Å². The minimum absolute atomic E-state index is 0.957. The standard InChI is InChI=1S/C13H15BrN2/c1-4-11-12(14)13(16-15-11)10-6-5-8(2)9(3)7-10/h5-7H,4H2,1-3H3,(H,15,16). The van der Waals surface area contributed by atoms with Gasteiger partial charge in [0.05, 0.1) is 4.47 Å². The molecule has 0 unspecified atom stereocenters. The Hall–Kier alpha value is -1.09. The van der Waals surface area contributed by atoms with Gasteiger partial charge in [0.15, 0.2) is 0 Å². The van der Waals surface area contributed by atoms with Crippen molar-refractivity contribution in [2.45, 2.75) is 27.2 Å². The lowest BCUT2D eigenvalue weighted by molar-refractivity contribution is 0.973. The highest BCUT2D eigenvalue weighted by atomic mass is 79.9. The van der Waals surface area contributed by atoms with Gasteiger partial charge in [-0.3, -0.25) is 5.10 Å². The van der Waals surface area contributed by atoms with Crippen LogP contribution in [0.2, 0.25) is 0 Å². The Labute approximate surface area is 104 Å². The van der Waals surface area contributed by atoms with E-state index in [1.54, 1.807) is 0 Å². The second kappa shape index (κ2) is 4.42. The Morgan fingerprint density at radius 1 is 1.25 bits per heavy atom. The first-order valence-corrected chi connectivity index (χ1v) is 6.23. The minimum atomic E-state index is 0.957. The van der Waals surface area contributed by atoms with Crippen LogP contribution in [0.15, 0.2) is 22.7 Å². The van der Waals surface area contributed by atoms with Crippen LogP contribution in [0, 0.1) is 13.8 Å². The number of hydrogen-bond donors (Lipinski definition) is 1. The Morgan fingerprint density at radius 2 is 2.00 bits per heavy atom. The zero-order valence-corrected chi connectivity index (χ0v) is 11.4. The Morgan fingerprint density at radius 3 is 2.56 bits per heavy atom. The van der Waals surface area contributed by atoms with E-state index in [1.807, 2.05) is 0 Å². The number of benzene rings is 1. The van der Waals surface area contributed by atoms with Crippen molar-refractivity contribution in [3.63, 3.8) is 0 Å². The molecule has 1 aromatic heterocycles. The number of aromatic amines is 1. The molecular weight excluding hydrogens is 264 g/mol. The molecule has 84 valence electrons. The average molecular weight is 279 g/mol. The molecular formula is C13H15BrN2. The summed E-state index contributed by atoms with van der Waals surface area (Å²) in [6, 6.07) is 6.43. The molecule has 2 aromatic rings. The van der Waals surface area contributed by atoms with Crippen molar-refractivity contribution in [3.8, 4) is 11.3 Å². The van der Waals surface area contributed by atoms with Gasteiger partial charge in [-0.1, -0.05) is 19.1 Å². The number of rotatable bonds is 2. The molecule has 0 atom stereocenters. The fourth-order valence-electron chi connectivity index (χ4n) is 1.68. The van der Waals surface area contributed by atoms with Crippen molar-refractivity contribution in [2.75, 3.05) is 0 Å². The second-order valence-electron chi connectivity index (χ2n) is 4.02. The lowest BCUT2D eigenvalue weighted by Crippen LogP contribution is -1.84. The molecule has 0 amide bonds. The van der Waals surface area contributed by atoms with Crippen LogP contribution < -0.4 is 0 Å². The predicted octanol–water partition coefficient (Wildman–Crippen LogP) is 4.02. The summed E-state index contributed by atoms with van der Waals surface area (Å²) in [5, 5.41) is 7.42. The van der Waals surface area contributed by atoms with Gasteiger partial charge in [0, 0.05) is 11.3 Å². The monoisotopic (exact) mass is 278 g/mol. The van der Waals surface area contributed by atoms with Gasteiger partial charge in [0.2, 0.25) is 0 Å². The van der Waals surface area contributed by atoms with E-state index in [1.165, 1.54) is 11.1 Å². The van der Waals surface area contributed by atoms with Crippen LogP contribution in [0.5, 0.6) is 0 Å². The molecule has 1 aromatic carbocycles. The first-order chi connectivity index (χ1) is 7.63. The summed E-state index contributed by atoms with van der Waals surface area (Å²) < 4.78 is 1.08. The van der Waals surface area contributed by atoms with E-state index in [4.69, 9.17) is 0 Å². The van der Waals surface area contributed by atoms with E-state index in [-0.39, 0.29) is 0 Å². The molecule has 0 saturated heterocycles. The van der Waals surface area contributed by atoms with Gasteiger partial charge in [-0.25, -0.2) is 0 Å². The molecule has 0 radical (unpaired) electrons. The highest BCUT2D eigenvalue weighted by molar-refractivity contribution is 9.10. The Bertz CT molecular complexity index is 515. The SMILES string of the molecule is CCc1[nH]nc(-c2ccc(C)c(C)c2)c1Br. The van der Waals surface area contributed by atoms with E-state index < -0.39 is 0 Å². The van der Waals surface area contributed by atoms with Gasteiger partial charge in [-0.15, -0.1) is 0 Å². The van der Waals surface area contributed by atoms with E-state index in [0.29, 0.717) is 0 Å². The summed E-state index contributed by atoms with van der Waals surface area (Å²) in [6.45, 7) is 6.36. The molecule has 3 heteroatoms. The van der Waals surface area contributed by atoms with Crippen LogP contribution in [-0.4, -0.2) is 10.2 Å². The van der Waals surface area contributed by atoms with Crippen molar-refractivity contribution >= 4 is 15.9 Å². The largest absolute Gasteiger partial charge is 0.281 e. The molecule has 0 saturated carbocycles. The minimum Gasteiger partial charge on any atom is -0.281 e. The van der Waals surface area contributed by atoms with Crippen molar-refractivity contribution < 1.29 is 0 Å². The molecule has 16 heavy (non-hydrogen) atoms. The maximum absolute atomic E-state index is 4.36. The molecule has 1 heterocycles. The van der Waals surface area contributed by atoms with Crippen molar-refractivity contribution in [3.05, 3.63) is 39.5 Å². The third-order valence-corrected chi connectivity index (χ3v) is 3.76. The maximum atomic E-state index is 4.36. The van der Waals surface area contributed by atoms with Crippen LogP contribution in [0.4, 0.5) is 0 Å². The molecule has 2 rings (SSSR count). The molecule has 0 spiro atoms. The van der Waals surface area contributed by atoms with Gasteiger partial charge < -0.3 is 0 Å². The van der Waals surface area contributed by atoms with Gasteiger partial charge in [0.1, 0.15) is 5.69 Å². The topological polar surface area (TPSA) is 28.7 Å². The van der Waals surface area contributed by atoms with Crippen LogP contribution >= 0.6 is 15.9 Å². The highest BCUT2D eigenvalue weighted by Gasteiger charge is 2.11.